The monoisotopic (exact) mass is 488 g/mol. The second kappa shape index (κ2) is 11.7. The second-order valence-corrected chi connectivity index (χ2v) is 8.99. The number of ether oxygens (including phenoxy) is 4. The fraction of sp³-hybridized carbons (Fsp3) is 0.481. The van der Waals surface area contributed by atoms with Gasteiger partial charge in [0.1, 0.15) is 18.0 Å². The zero-order valence-corrected chi connectivity index (χ0v) is 21.1. The number of hydrogen-bond donors (Lipinski definition) is 0. The molecule has 1 fully saturated rings. The predicted molar refractivity (Wildman–Crippen MR) is 130 cm³/mol. The minimum atomic E-state index is -0.774. The molecule has 6 nitrogen and oxygen atoms in total. The molecule has 2 aromatic rings. The highest BCUT2D eigenvalue weighted by atomic mass is 35.5. The molecule has 0 aliphatic carbocycles. The number of hydrogen-bond acceptors (Lipinski definition) is 6. The summed E-state index contributed by atoms with van der Waals surface area (Å²) in [4.78, 5) is 23.9. The quantitative estimate of drug-likeness (QED) is 0.445. The number of esters is 2. The molecule has 7 heteroatoms. The molecule has 1 saturated heterocycles. The Hall–Kier alpha value is -2.57. The van der Waals surface area contributed by atoms with Crippen LogP contribution in [0.15, 0.2) is 42.5 Å². The van der Waals surface area contributed by atoms with Gasteiger partial charge in [-0.1, -0.05) is 55.8 Å². The van der Waals surface area contributed by atoms with Crippen molar-refractivity contribution in [2.45, 2.75) is 71.9 Å². The summed E-state index contributed by atoms with van der Waals surface area (Å²) in [6, 6.07) is 13.5. The predicted octanol–water partition coefficient (Wildman–Crippen LogP) is 5.68. The molecule has 3 rings (SSSR count). The topological polar surface area (TPSA) is 71.1 Å². The van der Waals surface area contributed by atoms with Crippen LogP contribution >= 0.6 is 11.6 Å². The van der Waals surface area contributed by atoms with Gasteiger partial charge in [0.25, 0.3) is 0 Å². The van der Waals surface area contributed by atoms with Gasteiger partial charge in [-0.05, 0) is 42.2 Å². The van der Waals surface area contributed by atoms with Crippen LogP contribution in [0.4, 0.5) is 0 Å². The summed E-state index contributed by atoms with van der Waals surface area (Å²) >= 11 is 6.58. The van der Waals surface area contributed by atoms with Crippen LogP contribution in [0.3, 0.4) is 0 Å². The Bertz CT molecular complexity index is 1010. The Kier molecular flexibility index (Phi) is 8.97. The molecule has 0 aromatic heterocycles. The van der Waals surface area contributed by atoms with Gasteiger partial charge in [-0.3, -0.25) is 9.59 Å². The van der Waals surface area contributed by atoms with Gasteiger partial charge in [-0.25, -0.2) is 0 Å². The van der Waals surface area contributed by atoms with Crippen molar-refractivity contribution in [2.75, 3.05) is 6.61 Å². The summed E-state index contributed by atoms with van der Waals surface area (Å²) in [5.41, 5.74) is 2.72. The lowest BCUT2D eigenvalue weighted by Gasteiger charge is -2.44. The van der Waals surface area contributed by atoms with E-state index >= 15 is 0 Å². The first kappa shape index (κ1) is 26.0. The Balaban J connectivity index is 2.00. The minimum Gasteiger partial charge on any atom is -0.494 e. The van der Waals surface area contributed by atoms with Crippen molar-refractivity contribution in [2.24, 2.45) is 5.92 Å². The number of carbonyl (C=O) groups is 2. The fourth-order valence-corrected chi connectivity index (χ4v) is 4.74. The summed E-state index contributed by atoms with van der Waals surface area (Å²) < 4.78 is 23.5. The maximum absolute atomic E-state index is 12.0. The van der Waals surface area contributed by atoms with Gasteiger partial charge < -0.3 is 18.9 Å². The van der Waals surface area contributed by atoms with Crippen molar-refractivity contribution >= 4 is 23.5 Å². The SMILES string of the molecule is CCOc1ccccc1Cc1cc([C@@H]2O[C@H](CC)[C@@H](C)[C@H](OC(C)=O)[C@H]2OC(C)=O)ccc1Cl. The molecule has 0 N–H and O–H groups in total. The number of para-hydroxylation sites is 1. The highest BCUT2D eigenvalue weighted by Crippen LogP contribution is 2.40. The van der Waals surface area contributed by atoms with Crippen molar-refractivity contribution in [1.82, 2.24) is 0 Å². The summed E-state index contributed by atoms with van der Waals surface area (Å²) in [7, 11) is 0. The van der Waals surface area contributed by atoms with Crippen molar-refractivity contribution < 1.29 is 28.5 Å². The van der Waals surface area contributed by atoms with Crippen LogP contribution in [0, 0.1) is 5.92 Å². The number of benzene rings is 2. The molecule has 0 amide bonds. The Morgan fingerprint density at radius 1 is 0.971 bits per heavy atom. The van der Waals surface area contributed by atoms with E-state index in [1.165, 1.54) is 13.8 Å². The molecule has 0 radical (unpaired) electrons. The van der Waals surface area contributed by atoms with Crippen molar-refractivity contribution in [3.63, 3.8) is 0 Å². The van der Waals surface area contributed by atoms with E-state index in [1.54, 1.807) is 0 Å². The maximum atomic E-state index is 12.0. The molecular weight excluding hydrogens is 456 g/mol. The first-order valence-electron chi connectivity index (χ1n) is 11.7. The Morgan fingerprint density at radius 2 is 1.65 bits per heavy atom. The molecule has 5 atom stereocenters. The summed E-state index contributed by atoms with van der Waals surface area (Å²) in [5, 5.41) is 0.617. The third-order valence-corrected chi connectivity index (χ3v) is 6.48. The molecule has 1 aliphatic heterocycles. The van der Waals surface area contributed by atoms with Gasteiger partial charge in [-0.2, -0.15) is 0 Å². The average Bonchev–Trinajstić information content (AvgIpc) is 2.79. The van der Waals surface area contributed by atoms with Crippen LogP contribution in [-0.4, -0.2) is 36.9 Å². The fourth-order valence-electron chi connectivity index (χ4n) is 4.55. The van der Waals surface area contributed by atoms with Crippen molar-refractivity contribution in [1.29, 1.82) is 0 Å². The first-order chi connectivity index (χ1) is 16.2. The van der Waals surface area contributed by atoms with Crippen LogP contribution in [0.1, 0.15) is 63.8 Å². The standard InChI is InChI=1S/C27H33ClO6/c1-6-23-16(3)25(32-17(4)29)27(33-18(5)30)26(34-23)20-12-13-22(28)21(15-20)14-19-10-8-9-11-24(19)31-7-2/h8-13,15-16,23,25-27H,6-7,14H2,1-5H3/t16-,23-,25+,26+,27-/m1/s1. The van der Waals surface area contributed by atoms with Crippen molar-refractivity contribution in [3.05, 3.63) is 64.2 Å². The van der Waals surface area contributed by atoms with E-state index in [-0.39, 0.29) is 12.0 Å². The zero-order valence-electron chi connectivity index (χ0n) is 20.4. The van der Waals surface area contributed by atoms with Crippen LogP contribution in [0.5, 0.6) is 5.75 Å². The third kappa shape index (κ3) is 6.10. The van der Waals surface area contributed by atoms with E-state index in [4.69, 9.17) is 30.5 Å². The molecule has 0 spiro atoms. The lowest BCUT2D eigenvalue weighted by molar-refractivity contribution is -0.225. The van der Waals surface area contributed by atoms with Gasteiger partial charge in [-0.15, -0.1) is 0 Å². The minimum absolute atomic E-state index is 0.139. The van der Waals surface area contributed by atoms with Gasteiger partial charge in [0, 0.05) is 31.2 Å². The molecule has 34 heavy (non-hydrogen) atoms. The number of rotatable bonds is 8. The molecule has 1 heterocycles. The summed E-state index contributed by atoms with van der Waals surface area (Å²) in [6.07, 6.45) is -0.877. The molecule has 0 unspecified atom stereocenters. The zero-order chi connectivity index (χ0) is 24.8. The molecule has 2 aromatic carbocycles. The van der Waals surface area contributed by atoms with Crippen LogP contribution in [0.25, 0.3) is 0 Å². The van der Waals surface area contributed by atoms with E-state index in [0.29, 0.717) is 18.1 Å². The van der Waals surface area contributed by atoms with Crippen LogP contribution in [0.2, 0.25) is 5.02 Å². The van der Waals surface area contributed by atoms with E-state index in [1.807, 2.05) is 63.2 Å². The van der Waals surface area contributed by atoms with E-state index in [9.17, 15) is 9.59 Å². The van der Waals surface area contributed by atoms with Gasteiger partial charge in [0.15, 0.2) is 6.10 Å². The molecule has 0 saturated carbocycles. The molecular formula is C27H33ClO6. The highest BCUT2D eigenvalue weighted by molar-refractivity contribution is 6.31. The van der Waals surface area contributed by atoms with E-state index in [2.05, 4.69) is 0 Å². The second-order valence-electron chi connectivity index (χ2n) is 8.58. The lowest BCUT2D eigenvalue weighted by atomic mass is 9.84. The van der Waals surface area contributed by atoms with Crippen molar-refractivity contribution in [3.8, 4) is 5.75 Å². The lowest BCUT2D eigenvalue weighted by Crippen LogP contribution is -2.52. The average molecular weight is 489 g/mol. The molecule has 1 aliphatic rings. The number of halogens is 1. The maximum Gasteiger partial charge on any atom is 0.303 e. The smallest absolute Gasteiger partial charge is 0.303 e. The number of carbonyl (C=O) groups excluding carboxylic acids is 2. The Morgan fingerprint density at radius 3 is 2.29 bits per heavy atom. The first-order valence-corrected chi connectivity index (χ1v) is 12.1. The van der Waals surface area contributed by atoms with Gasteiger partial charge in [0.2, 0.25) is 0 Å². The highest BCUT2D eigenvalue weighted by Gasteiger charge is 2.47. The Labute approximate surface area is 206 Å². The van der Waals surface area contributed by atoms with E-state index in [0.717, 1.165) is 28.9 Å². The molecule has 0 bridgehead atoms. The summed E-state index contributed by atoms with van der Waals surface area (Å²) in [6.45, 7) is 9.19. The van der Waals surface area contributed by atoms with Gasteiger partial charge in [0.05, 0.1) is 12.7 Å². The van der Waals surface area contributed by atoms with Crippen LogP contribution in [-0.2, 0) is 30.2 Å². The van der Waals surface area contributed by atoms with E-state index < -0.39 is 30.3 Å². The summed E-state index contributed by atoms with van der Waals surface area (Å²) in [5.74, 6) is -0.209. The normalized spacial score (nSPS) is 24.4. The third-order valence-electron chi connectivity index (χ3n) is 6.11. The van der Waals surface area contributed by atoms with Crippen LogP contribution < -0.4 is 4.74 Å². The largest absolute Gasteiger partial charge is 0.494 e. The molecule has 184 valence electrons. The van der Waals surface area contributed by atoms with Gasteiger partial charge >= 0.3 is 11.9 Å².